The Balaban J connectivity index is 2.12. The van der Waals surface area contributed by atoms with Crippen LogP contribution in [0.5, 0.6) is 0 Å². The normalized spacial score (nSPS) is 18.4. The van der Waals surface area contributed by atoms with Crippen molar-refractivity contribution in [3.8, 4) is 12.3 Å². The molecular weight excluding hydrogens is 372 g/mol. The Hall–Kier alpha value is -0.100. The van der Waals surface area contributed by atoms with Crippen LogP contribution in [0.25, 0.3) is 0 Å². The van der Waals surface area contributed by atoms with Gasteiger partial charge in [0.05, 0.1) is 15.4 Å². The molecule has 1 aliphatic rings. The van der Waals surface area contributed by atoms with Gasteiger partial charge in [0.15, 0.2) is 0 Å². The Morgan fingerprint density at radius 1 is 1.42 bits per heavy atom. The third-order valence-electron chi connectivity index (χ3n) is 2.86. The Morgan fingerprint density at radius 2 is 2.05 bits per heavy atom. The fourth-order valence-electron chi connectivity index (χ4n) is 1.84. The lowest BCUT2D eigenvalue weighted by molar-refractivity contribution is 0.207. The van der Waals surface area contributed by atoms with Crippen LogP contribution in [-0.4, -0.2) is 50.3 Å². The summed E-state index contributed by atoms with van der Waals surface area (Å²) in [7, 11) is -3.44. The van der Waals surface area contributed by atoms with Crippen molar-refractivity contribution >= 4 is 48.9 Å². The van der Waals surface area contributed by atoms with Gasteiger partial charge < -0.3 is 0 Å². The first kappa shape index (κ1) is 15.3. The van der Waals surface area contributed by atoms with E-state index in [2.05, 4.69) is 26.8 Å². The summed E-state index contributed by atoms with van der Waals surface area (Å²) in [6.07, 6.45) is 5.25. The van der Waals surface area contributed by atoms with Crippen molar-refractivity contribution in [3.05, 3.63) is 14.9 Å². The molecule has 2 rings (SSSR count). The fourth-order valence-corrected chi connectivity index (χ4v) is 5.81. The van der Waals surface area contributed by atoms with Crippen LogP contribution in [0.1, 0.15) is 0 Å². The first-order valence-corrected chi connectivity index (χ1v) is 8.98. The summed E-state index contributed by atoms with van der Waals surface area (Å²) in [4.78, 5) is 2.06. The van der Waals surface area contributed by atoms with Crippen molar-refractivity contribution in [3.63, 3.8) is 0 Å². The van der Waals surface area contributed by atoms with Crippen molar-refractivity contribution in [2.75, 3.05) is 32.7 Å². The SMILES string of the molecule is C#CCN1CCN(S(=O)(=O)c2cc(Cl)c(Br)s2)CC1. The molecule has 0 saturated carbocycles. The largest absolute Gasteiger partial charge is 0.290 e. The molecular formula is C11H12BrClN2O2S2. The molecule has 2 heterocycles. The van der Waals surface area contributed by atoms with Crippen molar-refractivity contribution in [2.24, 2.45) is 0 Å². The van der Waals surface area contributed by atoms with Gasteiger partial charge >= 0.3 is 0 Å². The van der Waals surface area contributed by atoms with Gasteiger partial charge in [0.25, 0.3) is 10.0 Å². The van der Waals surface area contributed by atoms with Gasteiger partial charge in [-0.25, -0.2) is 8.42 Å². The molecule has 1 saturated heterocycles. The van der Waals surface area contributed by atoms with Crippen molar-refractivity contribution < 1.29 is 8.42 Å². The highest BCUT2D eigenvalue weighted by molar-refractivity contribution is 9.11. The molecule has 0 aliphatic carbocycles. The average Bonchev–Trinajstić information content (AvgIpc) is 2.71. The van der Waals surface area contributed by atoms with Crippen LogP contribution in [0, 0.1) is 12.3 Å². The molecule has 0 amide bonds. The fraction of sp³-hybridized carbons (Fsp3) is 0.455. The summed E-state index contributed by atoms with van der Waals surface area (Å²) in [6, 6.07) is 1.49. The van der Waals surface area contributed by atoms with Crippen LogP contribution in [0.2, 0.25) is 5.02 Å². The van der Waals surface area contributed by atoms with E-state index >= 15 is 0 Å². The van der Waals surface area contributed by atoms with Gasteiger partial charge in [0, 0.05) is 26.2 Å². The van der Waals surface area contributed by atoms with E-state index < -0.39 is 10.0 Å². The van der Waals surface area contributed by atoms with E-state index in [-0.39, 0.29) is 4.21 Å². The lowest BCUT2D eigenvalue weighted by Gasteiger charge is -2.32. The molecule has 19 heavy (non-hydrogen) atoms. The maximum absolute atomic E-state index is 12.4. The second-order valence-corrected chi connectivity index (χ2v) is 9.01. The molecule has 0 radical (unpaired) electrons. The number of hydrogen-bond acceptors (Lipinski definition) is 4. The maximum Gasteiger partial charge on any atom is 0.252 e. The van der Waals surface area contributed by atoms with E-state index in [0.29, 0.717) is 41.5 Å². The van der Waals surface area contributed by atoms with Crippen LogP contribution in [0.15, 0.2) is 14.1 Å². The van der Waals surface area contributed by atoms with E-state index in [0.717, 1.165) is 11.3 Å². The number of thiophene rings is 1. The van der Waals surface area contributed by atoms with Gasteiger partial charge in [0.2, 0.25) is 0 Å². The molecule has 1 aliphatic heterocycles. The minimum atomic E-state index is -3.44. The van der Waals surface area contributed by atoms with E-state index in [1.165, 1.54) is 10.4 Å². The highest BCUT2D eigenvalue weighted by Gasteiger charge is 2.30. The van der Waals surface area contributed by atoms with Crippen LogP contribution in [0.4, 0.5) is 0 Å². The van der Waals surface area contributed by atoms with E-state index in [9.17, 15) is 8.42 Å². The molecule has 0 unspecified atom stereocenters. The second-order valence-electron chi connectivity index (χ2n) is 4.07. The number of hydrogen-bond donors (Lipinski definition) is 0. The number of piperazine rings is 1. The molecule has 104 valence electrons. The minimum absolute atomic E-state index is 0.273. The summed E-state index contributed by atoms with van der Waals surface area (Å²) in [5, 5.41) is 0.426. The molecule has 1 aromatic heterocycles. The standard InChI is InChI=1S/C11H12BrClN2O2S2/c1-2-3-14-4-6-15(7-5-14)19(16,17)10-8-9(13)11(12)18-10/h1,8H,3-7H2. The lowest BCUT2D eigenvalue weighted by atomic mass is 10.4. The van der Waals surface area contributed by atoms with E-state index in [1.54, 1.807) is 0 Å². The molecule has 8 heteroatoms. The van der Waals surface area contributed by atoms with Crippen LogP contribution >= 0.6 is 38.9 Å². The summed E-state index contributed by atoms with van der Waals surface area (Å²) >= 11 is 10.3. The lowest BCUT2D eigenvalue weighted by Crippen LogP contribution is -2.48. The zero-order valence-corrected chi connectivity index (χ0v) is 13.9. The zero-order chi connectivity index (χ0) is 14.0. The second kappa shape index (κ2) is 6.12. The molecule has 0 N–H and O–H groups in total. The number of sulfonamides is 1. The summed E-state index contributed by atoms with van der Waals surface area (Å²) in [5.41, 5.74) is 0. The molecule has 4 nitrogen and oxygen atoms in total. The molecule has 0 aromatic carbocycles. The first-order chi connectivity index (χ1) is 8.95. The van der Waals surface area contributed by atoms with Gasteiger partial charge in [-0.3, -0.25) is 4.90 Å². The third kappa shape index (κ3) is 3.32. The summed E-state index contributed by atoms with van der Waals surface area (Å²) in [5.74, 6) is 2.57. The monoisotopic (exact) mass is 382 g/mol. The molecule has 0 spiro atoms. The van der Waals surface area contributed by atoms with Gasteiger partial charge in [-0.05, 0) is 22.0 Å². The van der Waals surface area contributed by atoms with Crippen molar-refractivity contribution in [2.45, 2.75) is 4.21 Å². The van der Waals surface area contributed by atoms with Crippen LogP contribution in [-0.2, 0) is 10.0 Å². The number of rotatable bonds is 3. The maximum atomic E-state index is 12.4. The van der Waals surface area contributed by atoms with Crippen LogP contribution < -0.4 is 0 Å². The average molecular weight is 384 g/mol. The number of nitrogens with zero attached hydrogens (tertiary/aromatic N) is 2. The number of terminal acetylenes is 1. The Bertz CT molecular complexity index is 581. The highest BCUT2D eigenvalue weighted by atomic mass is 79.9. The molecule has 1 aromatic rings. The zero-order valence-electron chi connectivity index (χ0n) is 9.97. The Kier molecular flexibility index (Phi) is 4.93. The predicted octanol–water partition coefficient (Wildman–Crippen LogP) is 2.10. The van der Waals surface area contributed by atoms with Gasteiger partial charge in [-0.1, -0.05) is 17.5 Å². The number of halogens is 2. The van der Waals surface area contributed by atoms with Crippen LogP contribution in [0.3, 0.4) is 0 Å². The topological polar surface area (TPSA) is 40.6 Å². The van der Waals surface area contributed by atoms with E-state index in [4.69, 9.17) is 18.0 Å². The first-order valence-electron chi connectivity index (χ1n) is 5.56. The summed E-state index contributed by atoms with van der Waals surface area (Å²) in [6.45, 7) is 2.78. The molecule has 0 bridgehead atoms. The minimum Gasteiger partial charge on any atom is -0.290 e. The van der Waals surface area contributed by atoms with Gasteiger partial charge in [-0.15, -0.1) is 17.8 Å². The van der Waals surface area contributed by atoms with Crippen molar-refractivity contribution in [1.29, 1.82) is 0 Å². The quantitative estimate of drug-likeness (QED) is 0.751. The molecule has 1 fully saturated rings. The highest BCUT2D eigenvalue weighted by Crippen LogP contribution is 2.36. The summed E-state index contributed by atoms with van der Waals surface area (Å²) < 4.78 is 27.2. The molecule has 0 atom stereocenters. The Labute approximate surface area is 130 Å². The third-order valence-corrected chi connectivity index (χ3v) is 7.69. The Morgan fingerprint density at radius 3 is 2.53 bits per heavy atom. The van der Waals surface area contributed by atoms with E-state index in [1.807, 2.05) is 0 Å². The van der Waals surface area contributed by atoms with Gasteiger partial charge in [-0.2, -0.15) is 4.31 Å². The van der Waals surface area contributed by atoms with Crippen molar-refractivity contribution in [1.82, 2.24) is 9.21 Å². The van der Waals surface area contributed by atoms with Gasteiger partial charge in [0.1, 0.15) is 4.21 Å². The smallest absolute Gasteiger partial charge is 0.252 e. The predicted molar refractivity (Wildman–Crippen MR) is 81.1 cm³/mol.